The van der Waals surface area contributed by atoms with E-state index in [4.69, 9.17) is 5.73 Å². The van der Waals surface area contributed by atoms with E-state index in [1.54, 1.807) is 0 Å². The molecule has 2 unspecified atom stereocenters. The highest BCUT2D eigenvalue weighted by Crippen LogP contribution is 2.37. The minimum Gasteiger partial charge on any atom is -0.465 e. The van der Waals surface area contributed by atoms with Gasteiger partial charge < -0.3 is 15.8 Å². The van der Waals surface area contributed by atoms with Crippen molar-refractivity contribution in [1.29, 1.82) is 5.26 Å². The minimum atomic E-state index is -0.494. The molecule has 1 aromatic heterocycles. The van der Waals surface area contributed by atoms with Crippen molar-refractivity contribution in [3.05, 3.63) is 10.4 Å². The van der Waals surface area contributed by atoms with Gasteiger partial charge in [0.25, 0.3) is 0 Å². The van der Waals surface area contributed by atoms with Crippen LogP contribution >= 0.6 is 11.3 Å². The number of hydrogen-bond acceptors (Lipinski definition) is 6. The summed E-state index contributed by atoms with van der Waals surface area (Å²) in [5, 5.41) is 13.1. The number of hydrogen-bond donors (Lipinski definition) is 2. The highest BCUT2D eigenvalue weighted by atomic mass is 32.1. The Morgan fingerprint density at radius 3 is 2.90 bits per heavy atom. The van der Waals surface area contributed by atoms with Crippen LogP contribution in [0.1, 0.15) is 41.4 Å². The van der Waals surface area contributed by atoms with Crippen molar-refractivity contribution >= 4 is 28.0 Å². The first-order valence-corrected chi connectivity index (χ1v) is 7.53. The van der Waals surface area contributed by atoms with E-state index < -0.39 is 5.97 Å². The zero-order valence-electron chi connectivity index (χ0n) is 11.7. The molecular weight excluding hydrogens is 274 g/mol. The van der Waals surface area contributed by atoms with Crippen molar-refractivity contribution in [2.45, 2.75) is 26.2 Å². The molecule has 20 heavy (non-hydrogen) atoms. The SMILES string of the molecule is COC(=O)c1sc(NCC2CCC(C)C2)c(C#N)c1N. The molecular formula is C14H19N3O2S. The van der Waals surface area contributed by atoms with Crippen molar-refractivity contribution in [3.63, 3.8) is 0 Å². The molecule has 108 valence electrons. The van der Waals surface area contributed by atoms with Crippen molar-refractivity contribution < 1.29 is 9.53 Å². The summed E-state index contributed by atoms with van der Waals surface area (Å²) in [7, 11) is 1.31. The van der Waals surface area contributed by atoms with Gasteiger partial charge in [-0.15, -0.1) is 11.3 Å². The lowest BCUT2D eigenvalue weighted by Crippen LogP contribution is -2.11. The van der Waals surface area contributed by atoms with Crippen LogP contribution in [-0.4, -0.2) is 19.6 Å². The zero-order valence-corrected chi connectivity index (χ0v) is 12.5. The summed E-state index contributed by atoms with van der Waals surface area (Å²) in [5.74, 6) is 0.907. The normalized spacial score (nSPS) is 21.4. The van der Waals surface area contributed by atoms with Crippen LogP contribution in [0.3, 0.4) is 0 Å². The van der Waals surface area contributed by atoms with Gasteiger partial charge in [-0.1, -0.05) is 13.3 Å². The van der Waals surface area contributed by atoms with Gasteiger partial charge >= 0.3 is 5.97 Å². The lowest BCUT2D eigenvalue weighted by Gasteiger charge is -2.10. The third-order valence-electron chi connectivity index (χ3n) is 3.78. The second kappa shape index (κ2) is 6.14. The number of ether oxygens (including phenoxy) is 1. The Bertz CT molecular complexity index is 547. The predicted molar refractivity (Wildman–Crippen MR) is 79.8 cm³/mol. The Hall–Kier alpha value is -1.74. The third-order valence-corrected chi connectivity index (χ3v) is 4.93. The lowest BCUT2D eigenvalue weighted by atomic mass is 10.1. The number of nitrogens with zero attached hydrogens (tertiary/aromatic N) is 1. The quantitative estimate of drug-likeness (QED) is 0.833. The van der Waals surface area contributed by atoms with E-state index in [0.29, 0.717) is 21.4 Å². The molecule has 0 radical (unpaired) electrons. The Kier molecular flexibility index (Phi) is 4.50. The summed E-state index contributed by atoms with van der Waals surface area (Å²) in [6, 6.07) is 2.06. The molecule has 0 bridgehead atoms. The van der Waals surface area contributed by atoms with E-state index >= 15 is 0 Å². The van der Waals surface area contributed by atoms with E-state index in [9.17, 15) is 10.1 Å². The molecule has 1 aromatic rings. The van der Waals surface area contributed by atoms with Gasteiger partial charge in [-0.3, -0.25) is 0 Å². The fourth-order valence-electron chi connectivity index (χ4n) is 2.67. The number of nitrogen functional groups attached to an aromatic ring is 1. The molecule has 1 aliphatic carbocycles. The Morgan fingerprint density at radius 1 is 1.60 bits per heavy atom. The van der Waals surface area contributed by atoms with Crippen LogP contribution < -0.4 is 11.1 Å². The summed E-state index contributed by atoms with van der Waals surface area (Å²) in [5.41, 5.74) is 6.41. The average molecular weight is 293 g/mol. The van der Waals surface area contributed by atoms with E-state index in [0.717, 1.165) is 12.5 Å². The Morgan fingerprint density at radius 2 is 2.35 bits per heavy atom. The number of methoxy groups -OCH3 is 1. The summed E-state index contributed by atoms with van der Waals surface area (Å²) in [6.07, 6.45) is 3.68. The molecule has 1 heterocycles. The maximum atomic E-state index is 11.6. The summed E-state index contributed by atoms with van der Waals surface area (Å²) >= 11 is 1.19. The van der Waals surface area contributed by atoms with Crippen LogP contribution in [0.2, 0.25) is 0 Å². The molecule has 2 rings (SSSR count). The molecule has 1 saturated carbocycles. The van der Waals surface area contributed by atoms with E-state index in [1.165, 1.54) is 37.7 Å². The zero-order chi connectivity index (χ0) is 14.7. The smallest absolute Gasteiger partial charge is 0.350 e. The summed E-state index contributed by atoms with van der Waals surface area (Å²) < 4.78 is 4.68. The van der Waals surface area contributed by atoms with Gasteiger partial charge in [-0.2, -0.15) is 5.26 Å². The summed E-state index contributed by atoms with van der Waals surface area (Å²) in [6.45, 7) is 3.08. The fraction of sp³-hybridized carbons (Fsp3) is 0.571. The van der Waals surface area contributed by atoms with Gasteiger partial charge in [-0.25, -0.2) is 4.79 Å². The molecule has 6 heteroatoms. The van der Waals surface area contributed by atoms with Gasteiger partial charge in [0.15, 0.2) is 0 Å². The maximum absolute atomic E-state index is 11.6. The summed E-state index contributed by atoms with van der Waals surface area (Å²) in [4.78, 5) is 11.9. The molecule has 0 aliphatic heterocycles. The van der Waals surface area contributed by atoms with Crippen LogP contribution in [0.15, 0.2) is 0 Å². The lowest BCUT2D eigenvalue weighted by molar-refractivity contribution is 0.0607. The molecule has 1 aliphatic rings. The molecule has 0 aromatic carbocycles. The molecule has 5 nitrogen and oxygen atoms in total. The largest absolute Gasteiger partial charge is 0.465 e. The predicted octanol–water partition coefficient (Wildman–Crippen LogP) is 2.84. The molecule has 0 amide bonds. The number of nitrogens with one attached hydrogen (secondary N) is 1. The first-order valence-electron chi connectivity index (χ1n) is 6.71. The minimum absolute atomic E-state index is 0.214. The van der Waals surface area contributed by atoms with Crippen LogP contribution in [0.4, 0.5) is 10.7 Å². The highest BCUT2D eigenvalue weighted by Gasteiger charge is 2.24. The van der Waals surface area contributed by atoms with Crippen molar-refractivity contribution in [1.82, 2.24) is 0 Å². The average Bonchev–Trinajstić information content (AvgIpc) is 2.99. The van der Waals surface area contributed by atoms with Gasteiger partial charge in [0.05, 0.1) is 12.8 Å². The van der Waals surface area contributed by atoms with Crippen LogP contribution in [0, 0.1) is 23.2 Å². The monoisotopic (exact) mass is 293 g/mol. The topological polar surface area (TPSA) is 88.1 Å². The number of thiophene rings is 1. The molecule has 0 spiro atoms. The van der Waals surface area contributed by atoms with Crippen molar-refractivity contribution in [2.24, 2.45) is 11.8 Å². The number of carbonyl (C=O) groups is 1. The second-order valence-corrected chi connectivity index (χ2v) is 6.34. The fourth-order valence-corrected chi connectivity index (χ4v) is 3.67. The van der Waals surface area contributed by atoms with Crippen LogP contribution in [-0.2, 0) is 4.74 Å². The highest BCUT2D eigenvalue weighted by molar-refractivity contribution is 7.18. The van der Waals surface area contributed by atoms with Crippen molar-refractivity contribution in [3.8, 4) is 6.07 Å². The maximum Gasteiger partial charge on any atom is 0.350 e. The van der Waals surface area contributed by atoms with E-state index in [1.807, 2.05) is 0 Å². The van der Waals surface area contributed by atoms with E-state index in [2.05, 4.69) is 23.0 Å². The first-order chi connectivity index (χ1) is 9.56. The van der Waals surface area contributed by atoms with E-state index in [-0.39, 0.29) is 5.69 Å². The standard InChI is InChI=1S/C14H19N3O2S/c1-8-3-4-9(5-8)7-17-13-10(6-15)11(16)12(20-13)14(18)19-2/h8-9,17H,3-5,7,16H2,1-2H3. The van der Waals surface area contributed by atoms with Gasteiger partial charge in [0, 0.05) is 6.54 Å². The van der Waals surface area contributed by atoms with Crippen LogP contribution in [0.25, 0.3) is 0 Å². The van der Waals surface area contributed by atoms with Gasteiger partial charge in [-0.05, 0) is 24.7 Å². The Labute approximate surface area is 122 Å². The Balaban J connectivity index is 2.11. The second-order valence-electron chi connectivity index (χ2n) is 5.32. The number of rotatable bonds is 4. The molecule has 0 saturated heterocycles. The first kappa shape index (κ1) is 14.7. The van der Waals surface area contributed by atoms with Crippen molar-refractivity contribution in [2.75, 3.05) is 24.7 Å². The number of nitrogens with two attached hydrogens (primary N) is 1. The number of carbonyl (C=O) groups excluding carboxylic acids is 1. The number of nitriles is 1. The van der Waals surface area contributed by atoms with Gasteiger partial charge in [0.2, 0.25) is 0 Å². The number of anilines is 2. The van der Waals surface area contributed by atoms with Gasteiger partial charge in [0.1, 0.15) is 21.5 Å². The third kappa shape index (κ3) is 2.88. The number of esters is 1. The van der Waals surface area contributed by atoms with Crippen LogP contribution in [0.5, 0.6) is 0 Å². The molecule has 3 N–H and O–H groups in total. The molecule has 1 fully saturated rings. The molecule has 2 atom stereocenters.